The van der Waals surface area contributed by atoms with E-state index in [2.05, 4.69) is 21.2 Å². The number of amides is 2. The summed E-state index contributed by atoms with van der Waals surface area (Å²) in [6.07, 6.45) is 3.47. The number of nitrogens with zero attached hydrogens (tertiary/aromatic N) is 2. The Morgan fingerprint density at radius 2 is 1.76 bits per heavy atom. The number of carbonyl (C=O) groups is 2. The Morgan fingerprint density at radius 1 is 1.00 bits per heavy atom. The molecule has 1 aliphatic heterocycles. The third-order valence-corrected chi connectivity index (χ3v) is 5.35. The number of carbonyl (C=O) groups excluding carboxylic acids is 2. The molecule has 5 nitrogen and oxygen atoms in total. The molecule has 2 amide bonds. The van der Waals surface area contributed by atoms with E-state index < -0.39 is 11.8 Å². The van der Waals surface area contributed by atoms with E-state index in [-0.39, 0.29) is 10.7 Å². The standard InChI is InChI=1S/C22H16BrN3O2S/c1-14-4-2-5-18(12-14)26-21(28)19(20(27)24-22(26)29)13-17-6-3-11-25(17)16-9-7-15(23)8-10-16/h2-13H,1H3,(H,24,27,29)/b19-13+. The molecule has 0 bridgehead atoms. The molecule has 1 N–H and O–H groups in total. The Labute approximate surface area is 181 Å². The van der Waals surface area contributed by atoms with Gasteiger partial charge in [-0.05, 0) is 79.3 Å². The predicted octanol–water partition coefficient (Wildman–Crippen LogP) is 4.38. The summed E-state index contributed by atoms with van der Waals surface area (Å²) in [5, 5.41) is 2.70. The van der Waals surface area contributed by atoms with Crippen LogP contribution in [-0.4, -0.2) is 21.5 Å². The lowest BCUT2D eigenvalue weighted by Gasteiger charge is -2.29. The lowest BCUT2D eigenvalue weighted by atomic mass is 10.1. The van der Waals surface area contributed by atoms with Gasteiger partial charge in [0.2, 0.25) is 0 Å². The summed E-state index contributed by atoms with van der Waals surface area (Å²) in [6, 6.07) is 18.9. The second-order valence-electron chi connectivity index (χ2n) is 6.58. The van der Waals surface area contributed by atoms with E-state index in [9.17, 15) is 9.59 Å². The van der Waals surface area contributed by atoms with Crippen molar-refractivity contribution in [1.82, 2.24) is 9.88 Å². The van der Waals surface area contributed by atoms with Crippen LogP contribution in [0.4, 0.5) is 5.69 Å². The fourth-order valence-electron chi connectivity index (χ4n) is 3.16. The number of halogens is 1. The summed E-state index contributed by atoms with van der Waals surface area (Å²) in [5.41, 5.74) is 3.26. The predicted molar refractivity (Wildman–Crippen MR) is 121 cm³/mol. The van der Waals surface area contributed by atoms with Gasteiger partial charge in [0.25, 0.3) is 11.8 Å². The Kier molecular flexibility index (Phi) is 5.17. The Morgan fingerprint density at radius 3 is 2.48 bits per heavy atom. The van der Waals surface area contributed by atoms with Gasteiger partial charge in [0.15, 0.2) is 5.11 Å². The molecule has 0 unspecified atom stereocenters. The van der Waals surface area contributed by atoms with Gasteiger partial charge in [0, 0.05) is 22.1 Å². The number of nitrogens with one attached hydrogen (secondary N) is 1. The van der Waals surface area contributed by atoms with E-state index in [0.29, 0.717) is 11.4 Å². The lowest BCUT2D eigenvalue weighted by molar-refractivity contribution is -0.122. The fourth-order valence-corrected chi connectivity index (χ4v) is 3.70. The Balaban J connectivity index is 1.75. The highest BCUT2D eigenvalue weighted by Crippen LogP contribution is 2.24. The van der Waals surface area contributed by atoms with Crippen LogP contribution in [-0.2, 0) is 9.59 Å². The molecule has 0 spiro atoms. The van der Waals surface area contributed by atoms with Gasteiger partial charge < -0.3 is 4.57 Å². The third-order valence-electron chi connectivity index (χ3n) is 4.54. The Bertz CT molecular complexity index is 1160. The average Bonchev–Trinajstić information content (AvgIpc) is 3.14. The maximum absolute atomic E-state index is 13.2. The van der Waals surface area contributed by atoms with Crippen LogP contribution in [0.3, 0.4) is 0 Å². The van der Waals surface area contributed by atoms with E-state index in [1.165, 1.54) is 4.90 Å². The highest BCUT2D eigenvalue weighted by Gasteiger charge is 2.34. The molecule has 1 aromatic heterocycles. The van der Waals surface area contributed by atoms with E-state index in [1.807, 2.05) is 72.3 Å². The van der Waals surface area contributed by atoms with Crippen molar-refractivity contribution in [3.8, 4) is 5.69 Å². The smallest absolute Gasteiger partial charge is 0.270 e. The van der Waals surface area contributed by atoms with E-state index >= 15 is 0 Å². The van der Waals surface area contributed by atoms with Crippen LogP contribution >= 0.6 is 28.1 Å². The molecular weight excluding hydrogens is 450 g/mol. The zero-order valence-corrected chi connectivity index (χ0v) is 17.8. The summed E-state index contributed by atoms with van der Waals surface area (Å²) in [7, 11) is 0. The first-order valence-corrected chi connectivity index (χ1v) is 10.1. The lowest BCUT2D eigenvalue weighted by Crippen LogP contribution is -2.54. The number of aromatic nitrogens is 1. The van der Waals surface area contributed by atoms with Crippen molar-refractivity contribution in [2.75, 3.05) is 4.90 Å². The van der Waals surface area contributed by atoms with Gasteiger partial charge in [-0.3, -0.25) is 19.8 Å². The second-order valence-corrected chi connectivity index (χ2v) is 7.88. The van der Waals surface area contributed by atoms with Crippen LogP contribution in [0.25, 0.3) is 11.8 Å². The molecule has 2 heterocycles. The molecule has 0 saturated carbocycles. The minimum atomic E-state index is -0.507. The highest BCUT2D eigenvalue weighted by atomic mass is 79.9. The SMILES string of the molecule is Cc1cccc(N2C(=O)/C(=C/c3cccn3-c3ccc(Br)cc3)C(=O)NC2=S)c1. The zero-order chi connectivity index (χ0) is 20.5. The molecule has 2 aromatic carbocycles. The van der Waals surface area contributed by atoms with Crippen LogP contribution in [0.2, 0.25) is 0 Å². The first-order chi connectivity index (χ1) is 13.9. The van der Waals surface area contributed by atoms with Gasteiger partial charge in [-0.2, -0.15) is 0 Å². The summed E-state index contributed by atoms with van der Waals surface area (Å²) in [6.45, 7) is 1.93. The van der Waals surface area contributed by atoms with Crippen molar-refractivity contribution in [2.24, 2.45) is 0 Å². The molecule has 1 aliphatic rings. The fraction of sp³-hybridized carbons (Fsp3) is 0.0455. The average molecular weight is 466 g/mol. The monoisotopic (exact) mass is 465 g/mol. The summed E-state index contributed by atoms with van der Waals surface area (Å²) in [4.78, 5) is 27.1. The van der Waals surface area contributed by atoms with Crippen molar-refractivity contribution in [2.45, 2.75) is 6.92 Å². The van der Waals surface area contributed by atoms with Crippen molar-refractivity contribution < 1.29 is 9.59 Å². The summed E-state index contributed by atoms with van der Waals surface area (Å²) < 4.78 is 2.88. The first kappa shape index (κ1) is 19.3. The normalized spacial score (nSPS) is 15.7. The van der Waals surface area contributed by atoms with Gasteiger partial charge in [-0.1, -0.05) is 28.1 Å². The number of benzene rings is 2. The van der Waals surface area contributed by atoms with Gasteiger partial charge in [-0.25, -0.2) is 0 Å². The number of rotatable bonds is 3. The minimum Gasteiger partial charge on any atom is -0.317 e. The first-order valence-electron chi connectivity index (χ1n) is 8.85. The molecule has 144 valence electrons. The number of anilines is 1. The number of thiocarbonyl (C=S) groups is 1. The van der Waals surface area contributed by atoms with E-state index in [0.717, 1.165) is 15.7 Å². The molecule has 3 aromatic rings. The van der Waals surface area contributed by atoms with Crippen molar-refractivity contribution in [3.05, 3.63) is 88.2 Å². The Hall–Kier alpha value is -3.03. The maximum atomic E-state index is 13.2. The van der Waals surface area contributed by atoms with Gasteiger partial charge in [0.05, 0.1) is 5.69 Å². The van der Waals surface area contributed by atoms with E-state index in [4.69, 9.17) is 12.2 Å². The molecule has 0 atom stereocenters. The summed E-state index contributed by atoms with van der Waals surface area (Å²) in [5.74, 6) is -0.958. The number of hydrogen-bond donors (Lipinski definition) is 1. The van der Waals surface area contributed by atoms with Crippen molar-refractivity contribution in [1.29, 1.82) is 0 Å². The molecule has 1 saturated heterocycles. The second kappa shape index (κ2) is 7.77. The quantitative estimate of drug-likeness (QED) is 0.354. The van der Waals surface area contributed by atoms with E-state index in [1.54, 1.807) is 12.1 Å². The van der Waals surface area contributed by atoms with Crippen LogP contribution < -0.4 is 10.2 Å². The van der Waals surface area contributed by atoms with Gasteiger partial charge in [-0.15, -0.1) is 0 Å². The molecule has 29 heavy (non-hydrogen) atoms. The van der Waals surface area contributed by atoms with Crippen LogP contribution in [0.15, 0.2) is 76.9 Å². The molecule has 7 heteroatoms. The van der Waals surface area contributed by atoms with Gasteiger partial charge in [0.1, 0.15) is 5.57 Å². The molecule has 4 rings (SSSR count). The number of hydrogen-bond acceptors (Lipinski definition) is 3. The number of aryl methyl sites for hydroxylation is 1. The molecule has 0 radical (unpaired) electrons. The van der Waals surface area contributed by atoms with Crippen LogP contribution in [0.5, 0.6) is 0 Å². The highest BCUT2D eigenvalue weighted by molar-refractivity contribution is 9.10. The molecule has 0 aliphatic carbocycles. The maximum Gasteiger partial charge on any atom is 0.270 e. The summed E-state index contributed by atoms with van der Waals surface area (Å²) >= 11 is 8.68. The molecule has 1 fully saturated rings. The van der Waals surface area contributed by atoms with Crippen LogP contribution in [0, 0.1) is 6.92 Å². The minimum absolute atomic E-state index is 0.0252. The van der Waals surface area contributed by atoms with Gasteiger partial charge >= 0.3 is 0 Å². The largest absolute Gasteiger partial charge is 0.317 e. The van der Waals surface area contributed by atoms with Crippen molar-refractivity contribution in [3.63, 3.8) is 0 Å². The zero-order valence-electron chi connectivity index (χ0n) is 15.4. The van der Waals surface area contributed by atoms with Crippen LogP contribution in [0.1, 0.15) is 11.3 Å². The van der Waals surface area contributed by atoms with Crippen molar-refractivity contribution >= 4 is 56.8 Å². The topological polar surface area (TPSA) is 54.3 Å². The molecular formula is C22H16BrN3O2S. The third kappa shape index (κ3) is 3.79.